The standard InChI is InChI=1S/C8H10INOS/c9-2-3-10-8(11)5-7-1-4-12-6-7/h1,4,6H,2-3,5H2,(H,10,11). The number of carbonyl (C=O) groups excluding carboxylic acids is 1. The van der Waals surface area contributed by atoms with Gasteiger partial charge in [-0.2, -0.15) is 11.3 Å². The Morgan fingerprint density at radius 1 is 1.67 bits per heavy atom. The van der Waals surface area contributed by atoms with Gasteiger partial charge in [0.1, 0.15) is 0 Å². The monoisotopic (exact) mass is 295 g/mol. The number of hydrogen-bond acceptors (Lipinski definition) is 2. The first kappa shape index (κ1) is 9.98. The van der Waals surface area contributed by atoms with E-state index in [1.54, 1.807) is 11.3 Å². The van der Waals surface area contributed by atoms with Crippen molar-refractivity contribution in [3.05, 3.63) is 22.4 Å². The quantitative estimate of drug-likeness (QED) is 0.666. The van der Waals surface area contributed by atoms with Crippen molar-refractivity contribution >= 4 is 39.8 Å². The van der Waals surface area contributed by atoms with E-state index in [9.17, 15) is 4.79 Å². The number of nitrogens with one attached hydrogen (secondary N) is 1. The lowest BCUT2D eigenvalue weighted by Crippen LogP contribution is -2.26. The lowest BCUT2D eigenvalue weighted by Gasteiger charge is -2.00. The van der Waals surface area contributed by atoms with Crippen molar-refractivity contribution in [3.63, 3.8) is 0 Å². The molecule has 1 amide bonds. The molecule has 0 fully saturated rings. The molecule has 1 aromatic rings. The Morgan fingerprint density at radius 3 is 3.08 bits per heavy atom. The maximum atomic E-state index is 11.2. The van der Waals surface area contributed by atoms with E-state index in [4.69, 9.17) is 0 Å². The van der Waals surface area contributed by atoms with Crippen LogP contribution in [0.3, 0.4) is 0 Å². The van der Waals surface area contributed by atoms with Crippen LogP contribution in [0, 0.1) is 0 Å². The van der Waals surface area contributed by atoms with Gasteiger partial charge in [0.15, 0.2) is 0 Å². The average molecular weight is 295 g/mol. The fraction of sp³-hybridized carbons (Fsp3) is 0.375. The van der Waals surface area contributed by atoms with Crippen LogP contribution in [0.5, 0.6) is 0 Å². The lowest BCUT2D eigenvalue weighted by molar-refractivity contribution is -0.120. The van der Waals surface area contributed by atoms with Gasteiger partial charge < -0.3 is 5.32 Å². The molecule has 12 heavy (non-hydrogen) atoms. The van der Waals surface area contributed by atoms with Crippen molar-refractivity contribution in [2.45, 2.75) is 6.42 Å². The summed E-state index contributed by atoms with van der Waals surface area (Å²) < 4.78 is 0.965. The van der Waals surface area contributed by atoms with Gasteiger partial charge in [0.25, 0.3) is 0 Å². The molecule has 66 valence electrons. The molecule has 0 spiro atoms. The molecule has 1 N–H and O–H groups in total. The van der Waals surface area contributed by atoms with Gasteiger partial charge in [-0.05, 0) is 22.4 Å². The Morgan fingerprint density at radius 2 is 2.50 bits per heavy atom. The Labute approximate surface area is 89.5 Å². The van der Waals surface area contributed by atoms with E-state index in [2.05, 4.69) is 27.9 Å². The van der Waals surface area contributed by atoms with Gasteiger partial charge in [-0.1, -0.05) is 22.6 Å². The molecule has 0 aliphatic carbocycles. The molecule has 0 saturated heterocycles. The first-order valence-corrected chi connectivity index (χ1v) is 6.13. The summed E-state index contributed by atoms with van der Waals surface area (Å²) in [5.41, 5.74) is 1.10. The van der Waals surface area contributed by atoms with Crippen molar-refractivity contribution in [1.29, 1.82) is 0 Å². The highest BCUT2D eigenvalue weighted by atomic mass is 127. The first-order valence-electron chi connectivity index (χ1n) is 3.66. The fourth-order valence-electron chi connectivity index (χ4n) is 0.828. The number of hydrogen-bond donors (Lipinski definition) is 1. The summed E-state index contributed by atoms with van der Waals surface area (Å²) in [5, 5.41) is 6.82. The van der Waals surface area contributed by atoms with Gasteiger partial charge in [0.2, 0.25) is 5.91 Å². The Balaban J connectivity index is 2.27. The van der Waals surface area contributed by atoms with Crippen molar-refractivity contribution in [3.8, 4) is 0 Å². The molecule has 1 heterocycles. The van der Waals surface area contributed by atoms with Gasteiger partial charge >= 0.3 is 0 Å². The molecule has 1 aromatic heterocycles. The van der Waals surface area contributed by atoms with Crippen LogP contribution in [0.2, 0.25) is 0 Å². The van der Waals surface area contributed by atoms with Gasteiger partial charge in [-0.3, -0.25) is 4.79 Å². The van der Waals surface area contributed by atoms with Crippen LogP contribution in [0.15, 0.2) is 16.8 Å². The first-order chi connectivity index (χ1) is 5.83. The molecule has 0 unspecified atom stereocenters. The largest absolute Gasteiger partial charge is 0.355 e. The number of rotatable bonds is 4. The molecule has 1 rings (SSSR count). The summed E-state index contributed by atoms with van der Waals surface area (Å²) in [5.74, 6) is 0.116. The Hall–Kier alpha value is -0.100. The number of alkyl halides is 1. The van der Waals surface area contributed by atoms with Crippen LogP contribution in [-0.4, -0.2) is 16.9 Å². The van der Waals surface area contributed by atoms with Gasteiger partial charge in [0, 0.05) is 11.0 Å². The summed E-state index contributed by atoms with van der Waals surface area (Å²) in [7, 11) is 0. The van der Waals surface area contributed by atoms with E-state index in [1.165, 1.54) is 0 Å². The number of amides is 1. The van der Waals surface area contributed by atoms with Crippen LogP contribution in [0.25, 0.3) is 0 Å². The van der Waals surface area contributed by atoms with Crippen LogP contribution in [0.1, 0.15) is 5.56 Å². The van der Waals surface area contributed by atoms with Crippen molar-refractivity contribution in [2.24, 2.45) is 0 Å². The van der Waals surface area contributed by atoms with Crippen molar-refractivity contribution < 1.29 is 4.79 Å². The summed E-state index contributed by atoms with van der Waals surface area (Å²) in [6, 6.07) is 1.98. The molecular weight excluding hydrogens is 285 g/mol. The van der Waals surface area contributed by atoms with Gasteiger partial charge in [0.05, 0.1) is 6.42 Å². The zero-order chi connectivity index (χ0) is 8.81. The smallest absolute Gasteiger partial charge is 0.224 e. The lowest BCUT2D eigenvalue weighted by atomic mass is 10.2. The molecule has 0 aromatic carbocycles. The van der Waals surface area contributed by atoms with Crippen LogP contribution >= 0.6 is 33.9 Å². The second-order valence-corrected chi connectivity index (χ2v) is 4.21. The molecule has 0 bridgehead atoms. The zero-order valence-electron chi connectivity index (χ0n) is 6.55. The zero-order valence-corrected chi connectivity index (χ0v) is 9.52. The van der Waals surface area contributed by atoms with Crippen LogP contribution in [-0.2, 0) is 11.2 Å². The number of halogens is 1. The third-order valence-electron chi connectivity index (χ3n) is 1.36. The molecule has 0 aliphatic heterocycles. The molecule has 0 radical (unpaired) electrons. The minimum absolute atomic E-state index is 0.116. The highest BCUT2D eigenvalue weighted by Crippen LogP contribution is 2.05. The second-order valence-electron chi connectivity index (χ2n) is 2.35. The predicted octanol–water partition coefficient (Wildman–Crippen LogP) is 1.84. The second kappa shape index (κ2) is 5.53. The summed E-state index contributed by atoms with van der Waals surface area (Å²) in [6.07, 6.45) is 0.514. The summed E-state index contributed by atoms with van der Waals surface area (Å²) in [4.78, 5) is 11.2. The van der Waals surface area contributed by atoms with E-state index < -0.39 is 0 Å². The van der Waals surface area contributed by atoms with Crippen LogP contribution in [0.4, 0.5) is 0 Å². The molecule has 0 aliphatic rings. The predicted molar refractivity (Wildman–Crippen MR) is 59.9 cm³/mol. The summed E-state index contributed by atoms with van der Waals surface area (Å²) in [6.45, 7) is 0.767. The van der Waals surface area contributed by atoms with Gasteiger partial charge in [-0.25, -0.2) is 0 Å². The van der Waals surface area contributed by atoms with Crippen molar-refractivity contribution in [2.75, 3.05) is 11.0 Å². The maximum absolute atomic E-state index is 11.2. The minimum atomic E-state index is 0.116. The van der Waals surface area contributed by atoms with E-state index >= 15 is 0 Å². The average Bonchev–Trinajstić information content (AvgIpc) is 2.53. The number of carbonyl (C=O) groups is 1. The van der Waals surface area contributed by atoms with E-state index in [-0.39, 0.29) is 5.91 Å². The Kier molecular flexibility index (Phi) is 4.60. The minimum Gasteiger partial charge on any atom is -0.355 e. The summed E-state index contributed by atoms with van der Waals surface area (Å²) >= 11 is 3.86. The number of thiophene rings is 1. The molecule has 0 atom stereocenters. The Bertz CT molecular complexity index is 235. The highest BCUT2D eigenvalue weighted by molar-refractivity contribution is 14.1. The molecule has 0 saturated carbocycles. The molecular formula is C8H10INOS. The van der Waals surface area contributed by atoms with E-state index in [0.29, 0.717) is 6.42 Å². The third kappa shape index (κ3) is 3.53. The third-order valence-corrected chi connectivity index (χ3v) is 2.63. The van der Waals surface area contributed by atoms with Crippen molar-refractivity contribution in [1.82, 2.24) is 5.32 Å². The van der Waals surface area contributed by atoms with E-state index in [1.807, 2.05) is 16.8 Å². The molecule has 4 heteroatoms. The van der Waals surface area contributed by atoms with Crippen LogP contribution < -0.4 is 5.32 Å². The SMILES string of the molecule is O=C(Cc1ccsc1)NCCI. The van der Waals surface area contributed by atoms with E-state index in [0.717, 1.165) is 16.5 Å². The molecule has 2 nitrogen and oxygen atoms in total. The topological polar surface area (TPSA) is 29.1 Å². The fourth-order valence-corrected chi connectivity index (χ4v) is 1.77. The van der Waals surface area contributed by atoms with Gasteiger partial charge in [-0.15, -0.1) is 0 Å². The maximum Gasteiger partial charge on any atom is 0.224 e. The highest BCUT2D eigenvalue weighted by Gasteiger charge is 2.01. The normalized spacial score (nSPS) is 9.75.